The van der Waals surface area contributed by atoms with Gasteiger partial charge in [0.05, 0.1) is 6.04 Å². The van der Waals surface area contributed by atoms with Crippen molar-refractivity contribution < 1.29 is 4.79 Å². The van der Waals surface area contributed by atoms with Gasteiger partial charge in [-0.3, -0.25) is 4.79 Å². The first kappa shape index (κ1) is 11.6. The Bertz CT molecular complexity index is 158. The van der Waals surface area contributed by atoms with Crippen molar-refractivity contribution in [2.75, 3.05) is 20.6 Å². The van der Waals surface area contributed by atoms with Crippen LogP contribution in [0.1, 0.15) is 20.8 Å². The number of carbonyl (C=O) groups is 1. The molecule has 1 atom stereocenters. The Morgan fingerprint density at radius 3 is 2.08 bits per heavy atom. The lowest BCUT2D eigenvalue weighted by Crippen LogP contribution is -2.45. The van der Waals surface area contributed by atoms with Gasteiger partial charge in [0.1, 0.15) is 0 Å². The van der Waals surface area contributed by atoms with Gasteiger partial charge in [0, 0.05) is 12.0 Å². The molecule has 12 heavy (non-hydrogen) atoms. The molecule has 3 nitrogen and oxygen atoms in total. The van der Waals surface area contributed by atoms with Crippen LogP contribution in [0, 0.1) is 5.41 Å². The predicted octanol–water partition coefficient (Wildman–Crippen LogP) is 0.490. The van der Waals surface area contributed by atoms with E-state index >= 15 is 0 Å². The molecule has 0 aromatic rings. The molecule has 0 aliphatic rings. The topological polar surface area (TPSA) is 46.3 Å². The van der Waals surface area contributed by atoms with Gasteiger partial charge < -0.3 is 10.6 Å². The highest BCUT2D eigenvalue weighted by atomic mass is 16.1. The third-order valence-corrected chi connectivity index (χ3v) is 1.64. The van der Waals surface area contributed by atoms with Crippen molar-refractivity contribution >= 4 is 5.78 Å². The zero-order chi connectivity index (χ0) is 9.94. The second-order valence-corrected chi connectivity index (χ2v) is 4.48. The number of likely N-dealkylation sites (N-methyl/N-ethyl adjacent to an activating group) is 1. The van der Waals surface area contributed by atoms with E-state index in [9.17, 15) is 4.79 Å². The van der Waals surface area contributed by atoms with Gasteiger partial charge in [0.15, 0.2) is 5.78 Å². The Hall–Kier alpha value is -0.410. The van der Waals surface area contributed by atoms with E-state index in [0.717, 1.165) is 0 Å². The summed E-state index contributed by atoms with van der Waals surface area (Å²) in [5, 5.41) is 0. The Morgan fingerprint density at radius 1 is 1.42 bits per heavy atom. The van der Waals surface area contributed by atoms with E-state index in [0.29, 0.717) is 6.54 Å². The van der Waals surface area contributed by atoms with Crippen molar-refractivity contribution in [2.24, 2.45) is 11.1 Å². The standard InChI is InChI=1S/C9H20N2O/c1-9(2,3)8(12)7(10)6-11(4)5/h7H,6,10H2,1-5H3/t7-/m0/s1. The van der Waals surface area contributed by atoms with Gasteiger partial charge in [-0.2, -0.15) is 0 Å². The summed E-state index contributed by atoms with van der Waals surface area (Å²) in [7, 11) is 3.82. The van der Waals surface area contributed by atoms with Crippen molar-refractivity contribution in [1.82, 2.24) is 4.90 Å². The molecule has 0 saturated heterocycles. The molecule has 0 saturated carbocycles. The number of nitrogens with zero attached hydrogens (tertiary/aromatic N) is 1. The minimum absolute atomic E-state index is 0.121. The van der Waals surface area contributed by atoms with Crippen LogP contribution in [0.25, 0.3) is 0 Å². The molecule has 0 rings (SSSR count). The van der Waals surface area contributed by atoms with Gasteiger partial charge in [-0.25, -0.2) is 0 Å². The molecule has 0 unspecified atom stereocenters. The normalized spacial score (nSPS) is 14.9. The Kier molecular flexibility index (Phi) is 3.87. The van der Waals surface area contributed by atoms with Crippen LogP contribution < -0.4 is 5.73 Å². The first-order valence-electron chi connectivity index (χ1n) is 4.20. The highest BCUT2D eigenvalue weighted by Gasteiger charge is 2.26. The molecule has 0 bridgehead atoms. The summed E-state index contributed by atoms with van der Waals surface area (Å²) in [5.41, 5.74) is 5.39. The van der Waals surface area contributed by atoms with Gasteiger partial charge in [0.2, 0.25) is 0 Å². The molecule has 0 fully saturated rings. The Morgan fingerprint density at radius 2 is 1.83 bits per heavy atom. The fourth-order valence-corrected chi connectivity index (χ4v) is 1.03. The summed E-state index contributed by atoms with van der Waals surface area (Å²) >= 11 is 0. The van der Waals surface area contributed by atoms with Crippen LogP contribution in [-0.2, 0) is 4.79 Å². The van der Waals surface area contributed by atoms with Crippen LogP contribution in [-0.4, -0.2) is 37.4 Å². The SMILES string of the molecule is CN(C)C[C@H](N)C(=O)C(C)(C)C. The smallest absolute Gasteiger partial charge is 0.156 e. The fraction of sp³-hybridized carbons (Fsp3) is 0.889. The molecule has 0 radical (unpaired) electrons. The zero-order valence-electron chi connectivity index (χ0n) is 8.72. The maximum absolute atomic E-state index is 11.5. The fourth-order valence-electron chi connectivity index (χ4n) is 1.03. The van der Waals surface area contributed by atoms with Crippen LogP contribution in [0.5, 0.6) is 0 Å². The van der Waals surface area contributed by atoms with E-state index in [-0.39, 0.29) is 17.2 Å². The van der Waals surface area contributed by atoms with Crippen molar-refractivity contribution in [3.05, 3.63) is 0 Å². The number of hydrogen-bond acceptors (Lipinski definition) is 3. The lowest BCUT2D eigenvalue weighted by Gasteiger charge is -2.23. The molecule has 2 N–H and O–H groups in total. The first-order valence-corrected chi connectivity index (χ1v) is 4.20. The molecular formula is C9H20N2O. The number of nitrogens with two attached hydrogens (primary N) is 1. The van der Waals surface area contributed by atoms with E-state index in [1.165, 1.54) is 0 Å². The first-order chi connectivity index (χ1) is 5.25. The van der Waals surface area contributed by atoms with Gasteiger partial charge in [-0.1, -0.05) is 20.8 Å². The molecule has 72 valence electrons. The second kappa shape index (κ2) is 4.01. The van der Waals surface area contributed by atoms with Crippen molar-refractivity contribution in [3.63, 3.8) is 0 Å². The summed E-state index contributed by atoms with van der Waals surface area (Å²) < 4.78 is 0. The third kappa shape index (κ3) is 3.83. The monoisotopic (exact) mass is 172 g/mol. The number of hydrogen-bond donors (Lipinski definition) is 1. The maximum atomic E-state index is 11.5. The molecule has 0 aliphatic carbocycles. The van der Waals surface area contributed by atoms with E-state index in [1.54, 1.807) is 0 Å². The zero-order valence-corrected chi connectivity index (χ0v) is 8.72. The summed E-state index contributed by atoms with van der Waals surface area (Å²) in [5.74, 6) is 0.121. The Labute approximate surface area is 74.9 Å². The molecule has 0 heterocycles. The van der Waals surface area contributed by atoms with Crippen LogP contribution in [0.2, 0.25) is 0 Å². The summed E-state index contributed by atoms with van der Waals surface area (Å²) in [4.78, 5) is 13.5. The summed E-state index contributed by atoms with van der Waals surface area (Å²) in [6.07, 6.45) is 0. The van der Waals surface area contributed by atoms with Crippen LogP contribution in [0.3, 0.4) is 0 Å². The maximum Gasteiger partial charge on any atom is 0.156 e. The highest BCUT2D eigenvalue weighted by Crippen LogP contribution is 2.15. The summed E-state index contributed by atoms with van der Waals surface area (Å²) in [6.45, 7) is 6.30. The average Bonchev–Trinajstić information content (AvgIpc) is 1.82. The summed E-state index contributed by atoms with van der Waals surface area (Å²) in [6, 6.07) is -0.361. The lowest BCUT2D eigenvalue weighted by molar-refractivity contribution is -0.127. The van der Waals surface area contributed by atoms with E-state index in [2.05, 4.69) is 0 Å². The van der Waals surface area contributed by atoms with Gasteiger partial charge >= 0.3 is 0 Å². The van der Waals surface area contributed by atoms with Crippen molar-refractivity contribution in [1.29, 1.82) is 0 Å². The van der Waals surface area contributed by atoms with Crippen LogP contribution in [0.15, 0.2) is 0 Å². The number of ketones is 1. The molecule has 0 aromatic carbocycles. The minimum Gasteiger partial charge on any atom is -0.320 e. The van der Waals surface area contributed by atoms with Gasteiger partial charge in [-0.05, 0) is 14.1 Å². The molecule has 0 amide bonds. The van der Waals surface area contributed by atoms with Gasteiger partial charge in [-0.15, -0.1) is 0 Å². The number of carbonyl (C=O) groups excluding carboxylic acids is 1. The lowest BCUT2D eigenvalue weighted by atomic mass is 9.86. The molecular weight excluding hydrogens is 152 g/mol. The molecule has 3 heteroatoms. The van der Waals surface area contributed by atoms with Crippen molar-refractivity contribution in [3.8, 4) is 0 Å². The Balaban J connectivity index is 4.12. The minimum atomic E-state index is -0.361. The second-order valence-electron chi connectivity index (χ2n) is 4.48. The van der Waals surface area contributed by atoms with Gasteiger partial charge in [0.25, 0.3) is 0 Å². The van der Waals surface area contributed by atoms with Crippen LogP contribution in [0.4, 0.5) is 0 Å². The molecule has 0 aliphatic heterocycles. The highest BCUT2D eigenvalue weighted by molar-refractivity contribution is 5.88. The average molecular weight is 172 g/mol. The van der Waals surface area contributed by atoms with Crippen LogP contribution >= 0.6 is 0 Å². The van der Waals surface area contributed by atoms with E-state index in [1.807, 2.05) is 39.8 Å². The number of Topliss-reactive ketones (excluding diaryl/α,β-unsaturated/α-hetero) is 1. The van der Waals surface area contributed by atoms with E-state index < -0.39 is 0 Å². The predicted molar refractivity (Wildman–Crippen MR) is 51.0 cm³/mol. The number of rotatable bonds is 3. The molecule has 0 aromatic heterocycles. The van der Waals surface area contributed by atoms with E-state index in [4.69, 9.17) is 5.73 Å². The molecule has 0 spiro atoms. The quantitative estimate of drug-likeness (QED) is 0.674. The van der Waals surface area contributed by atoms with Crippen molar-refractivity contribution in [2.45, 2.75) is 26.8 Å². The third-order valence-electron chi connectivity index (χ3n) is 1.64. The largest absolute Gasteiger partial charge is 0.320 e.